The minimum Gasteiger partial charge on any atom is -0.341 e. The van der Waals surface area contributed by atoms with E-state index in [9.17, 15) is 4.79 Å². The standard InChI is InChI=1S/C17H19N7O2S/c1-23-11-19-21-17(23)27-10-14(25)24-7-3-5-13(9-24)16-20-15(22-26-16)12-4-2-6-18-8-12/h2,4,6,8,11,13H,3,5,7,9-10H2,1H3. The van der Waals surface area contributed by atoms with E-state index < -0.39 is 0 Å². The highest BCUT2D eigenvalue weighted by Crippen LogP contribution is 2.28. The van der Waals surface area contributed by atoms with Crippen molar-refractivity contribution in [3.05, 3.63) is 36.7 Å². The average molecular weight is 385 g/mol. The Morgan fingerprint density at radius 3 is 3.15 bits per heavy atom. The quantitative estimate of drug-likeness (QED) is 0.612. The van der Waals surface area contributed by atoms with Gasteiger partial charge in [-0.2, -0.15) is 4.98 Å². The summed E-state index contributed by atoms with van der Waals surface area (Å²) in [6, 6.07) is 3.73. The van der Waals surface area contributed by atoms with Crippen LogP contribution in [0.5, 0.6) is 0 Å². The second kappa shape index (κ2) is 7.87. The Kier molecular flexibility index (Phi) is 5.14. The summed E-state index contributed by atoms with van der Waals surface area (Å²) in [6.07, 6.45) is 6.87. The molecule has 0 saturated carbocycles. The number of hydrogen-bond donors (Lipinski definition) is 0. The van der Waals surface area contributed by atoms with Gasteiger partial charge in [-0.25, -0.2) is 0 Å². The number of likely N-dealkylation sites (tertiary alicyclic amines) is 1. The normalized spacial score (nSPS) is 17.2. The second-order valence-electron chi connectivity index (χ2n) is 6.39. The minimum absolute atomic E-state index is 0.0560. The van der Waals surface area contributed by atoms with Gasteiger partial charge < -0.3 is 14.0 Å². The molecule has 0 N–H and O–H groups in total. The lowest BCUT2D eigenvalue weighted by atomic mass is 9.98. The van der Waals surface area contributed by atoms with Crippen LogP contribution in [0.3, 0.4) is 0 Å². The van der Waals surface area contributed by atoms with E-state index in [1.54, 1.807) is 23.3 Å². The summed E-state index contributed by atoms with van der Waals surface area (Å²) in [5.41, 5.74) is 0.816. The first-order valence-corrected chi connectivity index (χ1v) is 9.68. The van der Waals surface area contributed by atoms with Crippen LogP contribution in [0.15, 0.2) is 40.5 Å². The molecule has 27 heavy (non-hydrogen) atoms. The second-order valence-corrected chi connectivity index (χ2v) is 7.33. The number of hydrogen-bond acceptors (Lipinski definition) is 8. The highest BCUT2D eigenvalue weighted by molar-refractivity contribution is 7.99. The van der Waals surface area contributed by atoms with Crippen LogP contribution in [0, 0.1) is 0 Å². The van der Waals surface area contributed by atoms with Crippen molar-refractivity contribution in [2.75, 3.05) is 18.8 Å². The number of nitrogens with zero attached hydrogens (tertiary/aromatic N) is 7. The van der Waals surface area contributed by atoms with Gasteiger partial charge in [0.15, 0.2) is 5.16 Å². The molecule has 4 rings (SSSR count). The van der Waals surface area contributed by atoms with Gasteiger partial charge in [-0.05, 0) is 25.0 Å². The molecule has 1 unspecified atom stereocenters. The number of amides is 1. The molecular formula is C17H19N7O2S. The number of aryl methyl sites for hydroxylation is 1. The molecule has 10 heteroatoms. The summed E-state index contributed by atoms with van der Waals surface area (Å²) in [5, 5.41) is 12.6. The van der Waals surface area contributed by atoms with Crippen molar-refractivity contribution in [3.63, 3.8) is 0 Å². The van der Waals surface area contributed by atoms with E-state index in [1.165, 1.54) is 11.8 Å². The number of carbonyl (C=O) groups is 1. The number of piperidine rings is 1. The molecule has 0 aromatic carbocycles. The SMILES string of the molecule is Cn1cnnc1SCC(=O)N1CCCC(c2nc(-c3cccnc3)no2)C1. The molecule has 1 aliphatic rings. The van der Waals surface area contributed by atoms with Gasteiger partial charge in [0.1, 0.15) is 6.33 Å². The molecule has 9 nitrogen and oxygen atoms in total. The lowest BCUT2D eigenvalue weighted by Gasteiger charge is -2.30. The molecule has 3 aromatic rings. The number of aromatic nitrogens is 6. The van der Waals surface area contributed by atoms with Gasteiger partial charge in [0, 0.05) is 38.1 Å². The molecule has 1 amide bonds. The average Bonchev–Trinajstić information content (AvgIpc) is 3.36. The molecule has 3 aromatic heterocycles. The van der Waals surface area contributed by atoms with Gasteiger partial charge in [0.05, 0.1) is 11.7 Å². The predicted molar refractivity (Wildman–Crippen MR) is 97.8 cm³/mol. The monoisotopic (exact) mass is 385 g/mol. The smallest absolute Gasteiger partial charge is 0.233 e. The molecule has 1 fully saturated rings. The van der Waals surface area contributed by atoms with Crippen LogP contribution in [-0.2, 0) is 11.8 Å². The first-order valence-electron chi connectivity index (χ1n) is 8.69. The number of rotatable bonds is 5. The number of pyridine rings is 1. The van der Waals surface area contributed by atoms with Crippen molar-refractivity contribution in [1.82, 2.24) is 34.8 Å². The Hall–Kier alpha value is -2.75. The van der Waals surface area contributed by atoms with Gasteiger partial charge in [0.25, 0.3) is 0 Å². The summed E-state index contributed by atoms with van der Waals surface area (Å²) in [5.74, 6) is 1.58. The zero-order valence-electron chi connectivity index (χ0n) is 14.9. The van der Waals surface area contributed by atoms with Crippen LogP contribution in [0.2, 0.25) is 0 Å². The molecule has 4 heterocycles. The third-order valence-corrected chi connectivity index (χ3v) is 5.50. The first kappa shape index (κ1) is 17.7. The van der Waals surface area contributed by atoms with E-state index in [0.29, 0.717) is 24.0 Å². The maximum Gasteiger partial charge on any atom is 0.233 e. The molecule has 1 saturated heterocycles. The molecule has 0 spiro atoms. The van der Waals surface area contributed by atoms with Crippen LogP contribution < -0.4 is 0 Å². The largest absolute Gasteiger partial charge is 0.341 e. The van der Waals surface area contributed by atoms with Gasteiger partial charge >= 0.3 is 0 Å². The highest BCUT2D eigenvalue weighted by atomic mass is 32.2. The fourth-order valence-electron chi connectivity index (χ4n) is 3.04. The number of thioether (sulfide) groups is 1. The third kappa shape index (κ3) is 4.00. The maximum absolute atomic E-state index is 12.6. The van der Waals surface area contributed by atoms with E-state index in [-0.39, 0.29) is 11.8 Å². The summed E-state index contributed by atoms with van der Waals surface area (Å²) in [6.45, 7) is 1.34. The van der Waals surface area contributed by atoms with Crippen molar-refractivity contribution < 1.29 is 9.32 Å². The zero-order chi connectivity index (χ0) is 18.6. The van der Waals surface area contributed by atoms with Gasteiger partial charge in [-0.1, -0.05) is 16.9 Å². The predicted octanol–water partition coefficient (Wildman–Crippen LogP) is 1.76. The Labute approximate surface area is 160 Å². The van der Waals surface area contributed by atoms with Crippen LogP contribution in [0.1, 0.15) is 24.7 Å². The van der Waals surface area contributed by atoms with Crippen LogP contribution in [0.25, 0.3) is 11.4 Å². The molecule has 0 bridgehead atoms. The molecule has 1 aliphatic heterocycles. The minimum atomic E-state index is 0.0560. The van der Waals surface area contributed by atoms with Crippen LogP contribution >= 0.6 is 11.8 Å². The van der Waals surface area contributed by atoms with E-state index in [0.717, 1.165) is 30.1 Å². The lowest BCUT2D eigenvalue weighted by molar-refractivity contribution is -0.129. The highest BCUT2D eigenvalue weighted by Gasteiger charge is 2.28. The van der Waals surface area contributed by atoms with Gasteiger partial charge in [-0.15, -0.1) is 10.2 Å². The first-order chi connectivity index (χ1) is 13.2. The van der Waals surface area contributed by atoms with E-state index in [1.807, 2.05) is 24.1 Å². The van der Waals surface area contributed by atoms with Gasteiger partial charge in [0.2, 0.25) is 17.6 Å². The molecular weight excluding hydrogens is 366 g/mol. The van der Waals surface area contributed by atoms with Crippen LogP contribution in [0.4, 0.5) is 0 Å². The Morgan fingerprint density at radius 1 is 1.44 bits per heavy atom. The fraction of sp³-hybridized carbons (Fsp3) is 0.412. The van der Waals surface area contributed by atoms with Crippen LogP contribution in [-0.4, -0.2) is 59.5 Å². The third-order valence-electron chi connectivity index (χ3n) is 4.48. The van der Waals surface area contributed by atoms with Crippen molar-refractivity contribution >= 4 is 17.7 Å². The molecule has 0 aliphatic carbocycles. The maximum atomic E-state index is 12.6. The summed E-state index contributed by atoms with van der Waals surface area (Å²) in [4.78, 5) is 23.0. The van der Waals surface area contributed by atoms with E-state index >= 15 is 0 Å². The molecule has 1 atom stereocenters. The van der Waals surface area contributed by atoms with Crippen molar-refractivity contribution in [2.45, 2.75) is 23.9 Å². The van der Waals surface area contributed by atoms with Crippen molar-refractivity contribution in [3.8, 4) is 11.4 Å². The van der Waals surface area contributed by atoms with Crippen molar-refractivity contribution in [1.29, 1.82) is 0 Å². The number of carbonyl (C=O) groups excluding carboxylic acids is 1. The van der Waals surface area contributed by atoms with Crippen molar-refractivity contribution in [2.24, 2.45) is 7.05 Å². The summed E-state index contributed by atoms with van der Waals surface area (Å²) < 4.78 is 7.27. The summed E-state index contributed by atoms with van der Waals surface area (Å²) >= 11 is 1.39. The van der Waals surface area contributed by atoms with E-state index in [2.05, 4.69) is 25.3 Å². The lowest BCUT2D eigenvalue weighted by Crippen LogP contribution is -2.40. The summed E-state index contributed by atoms with van der Waals surface area (Å²) in [7, 11) is 1.86. The fourth-order valence-corrected chi connectivity index (χ4v) is 3.83. The Bertz CT molecular complexity index is 911. The molecule has 140 valence electrons. The topological polar surface area (TPSA) is 103 Å². The van der Waals surface area contributed by atoms with Gasteiger partial charge in [-0.3, -0.25) is 9.78 Å². The van der Waals surface area contributed by atoms with E-state index in [4.69, 9.17) is 4.52 Å². The molecule has 0 radical (unpaired) electrons. The Balaban J connectivity index is 1.38. The Morgan fingerprint density at radius 2 is 2.37 bits per heavy atom. The zero-order valence-corrected chi connectivity index (χ0v) is 15.7.